The normalized spacial score (nSPS) is 11.0. The standard InChI is InChI=1S/C15H17ClN2S2/c1-3-18(4-2)15(19)20-11-13(10-17)9-12-5-7-14(16)8-6-12/h5-9H,3-4,11H2,1-2H3/b13-9-. The fourth-order valence-electron chi connectivity index (χ4n) is 1.58. The molecule has 0 aliphatic carbocycles. The Bertz CT molecular complexity index is 514. The Morgan fingerprint density at radius 1 is 1.35 bits per heavy atom. The van der Waals surface area contributed by atoms with E-state index in [0.29, 0.717) is 16.3 Å². The van der Waals surface area contributed by atoms with Crippen molar-refractivity contribution >= 4 is 46.0 Å². The summed E-state index contributed by atoms with van der Waals surface area (Å²) in [7, 11) is 0. The van der Waals surface area contributed by atoms with Crippen molar-refractivity contribution in [3.05, 3.63) is 40.4 Å². The molecule has 0 spiro atoms. The van der Waals surface area contributed by atoms with Gasteiger partial charge in [0.2, 0.25) is 0 Å². The molecular weight excluding hydrogens is 308 g/mol. The minimum Gasteiger partial charge on any atom is -0.358 e. The van der Waals surface area contributed by atoms with Gasteiger partial charge < -0.3 is 4.90 Å². The summed E-state index contributed by atoms with van der Waals surface area (Å²) in [5.74, 6) is 0.592. The first-order valence-electron chi connectivity index (χ1n) is 6.38. The predicted octanol–water partition coefficient (Wildman–Crippen LogP) is 4.61. The van der Waals surface area contributed by atoms with Gasteiger partial charge in [-0.25, -0.2) is 0 Å². The summed E-state index contributed by atoms with van der Waals surface area (Å²) in [6.45, 7) is 5.94. The highest BCUT2D eigenvalue weighted by Gasteiger charge is 2.07. The van der Waals surface area contributed by atoms with Crippen LogP contribution >= 0.6 is 35.6 Å². The summed E-state index contributed by atoms with van der Waals surface area (Å²) in [5, 5.41) is 9.89. The maximum absolute atomic E-state index is 9.19. The molecule has 20 heavy (non-hydrogen) atoms. The first-order valence-corrected chi connectivity index (χ1v) is 8.15. The number of rotatable bonds is 5. The Morgan fingerprint density at radius 2 is 1.95 bits per heavy atom. The van der Waals surface area contributed by atoms with Gasteiger partial charge in [0.1, 0.15) is 4.32 Å². The number of halogens is 1. The molecule has 0 aliphatic rings. The van der Waals surface area contributed by atoms with Crippen LogP contribution in [0.25, 0.3) is 6.08 Å². The summed E-state index contributed by atoms with van der Waals surface area (Å²) >= 11 is 12.7. The van der Waals surface area contributed by atoms with Crippen LogP contribution < -0.4 is 0 Å². The van der Waals surface area contributed by atoms with Gasteiger partial charge in [-0.05, 0) is 37.6 Å². The Balaban J connectivity index is 2.66. The molecule has 0 aliphatic heterocycles. The van der Waals surface area contributed by atoms with Crippen LogP contribution in [-0.2, 0) is 0 Å². The molecule has 0 aromatic heterocycles. The topological polar surface area (TPSA) is 27.0 Å². The molecule has 0 fully saturated rings. The molecule has 1 rings (SSSR count). The van der Waals surface area contributed by atoms with Crippen LogP contribution in [-0.4, -0.2) is 28.1 Å². The van der Waals surface area contributed by atoms with Crippen molar-refractivity contribution in [1.82, 2.24) is 4.90 Å². The van der Waals surface area contributed by atoms with E-state index in [1.54, 1.807) is 0 Å². The average molecular weight is 325 g/mol. The largest absolute Gasteiger partial charge is 0.358 e. The van der Waals surface area contributed by atoms with Crippen molar-refractivity contribution in [3.8, 4) is 6.07 Å². The highest BCUT2D eigenvalue weighted by molar-refractivity contribution is 8.23. The van der Waals surface area contributed by atoms with E-state index in [1.165, 1.54) is 11.8 Å². The quantitative estimate of drug-likeness (QED) is 0.584. The van der Waals surface area contributed by atoms with Crippen LogP contribution in [0.3, 0.4) is 0 Å². The molecule has 0 heterocycles. The third kappa shape index (κ3) is 5.54. The van der Waals surface area contributed by atoms with Gasteiger partial charge in [-0.15, -0.1) is 0 Å². The van der Waals surface area contributed by atoms with Gasteiger partial charge in [-0.1, -0.05) is 47.7 Å². The fourth-order valence-corrected chi connectivity index (χ4v) is 3.01. The smallest absolute Gasteiger partial charge is 0.136 e. The zero-order valence-electron chi connectivity index (χ0n) is 11.6. The second-order valence-corrected chi connectivity index (χ2v) is 6.11. The highest BCUT2D eigenvalue weighted by Crippen LogP contribution is 2.17. The summed E-state index contributed by atoms with van der Waals surface area (Å²) in [6.07, 6.45) is 1.87. The van der Waals surface area contributed by atoms with E-state index < -0.39 is 0 Å². The van der Waals surface area contributed by atoms with Crippen LogP contribution in [0.1, 0.15) is 19.4 Å². The maximum atomic E-state index is 9.19. The molecule has 0 saturated carbocycles. The van der Waals surface area contributed by atoms with Crippen molar-refractivity contribution in [1.29, 1.82) is 5.26 Å². The molecule has 1 aromatic carbocycles. The Morgan fingerprint density at radius 3 is 2.45 bits per heavy atom. The molecule has 0 saturated heterocycles. The van der Waals surface area contributed by atoms with Crippen LogP contribution in [0.15, 0.2) is 29.8 Å². The van der Waals surface area contributed by atoms with Gasteiger partial charge in [-0.2, -0.15) is 5.26 Å². The number of nitrogens with zero attached hydrogens (tertiary/aromatic N) is 2. The van der Waals surface area contributed by atoms with Crippen molar-refractivity contribution in [2.75, 3.05) is 18.8 Å². The predicted molar refractivity (Wildman–Crippen MR) is 93.0 cm³/mol. The number of benzene rings is 1. The second-order valence-electron chi connectivity index (χ2n) is 4.06. The van der Waals surface area contributed by atoms with Gasteiger partial charge in [-0.3, -0.25) is 0 Å². The van der Waals surface area contributed by atoms with Crippen molar-refractivity contribution < 1.29 is 0 Å². The third-order valence-electron chi connectivity index (χ3n) is 2.73. The Kier molecular flexibility index (Phi) is 7.68. The number of nitriles is 1. The molecular formula is C15H17ClN2S2. The summed E-state index contributed by atoms with van der Waals surface area (Å²) in [6, 6.07) is 9.65. The first-order chi connectivity index (χ1) is 9.60. The average Bonchev–Trinajstić information content (AvgIpc) is 2.46. The summed E-state index contributed by atoms with van der Waals surface area (Å²) in [4.78, 5) is 2.11. The monoisotopic (exact) mass is 324 g/mol. The third-order valence-corrected chi connectivity index (χ3v) is 4.55. The second kappa shape index (κ2) is 9.02. The van der Waals surface area contributed by atoms with Gasteiger partial charge in [0, 0.05) is 29.4 Å². The minimum atomic E-state index is 0.592. The van der Waals surface area contributed by atoms with Crippen molar-refractivity contribution in [2.45, 2.75) is 13.8 Å². The SMILES string of the molecule is CCN(CC)C(=S)SC/C(C#N)=C\c1ccc(Cl)cc1. The van der Waals surface area contributed by atoms with Crippen LogP contribution in [0, 0.1) is 11.3 Å². The van der Waals surface area contributed by atoms with E-state index in [2.05, 4.69) is 24.8 Å². The molecule has 0 amide bonds. The van der Waals surface area contributed by atoms with E-state index in [4.69, 9.17) is 23.8 Å². The molecule has 0 unspecified atom stereocenters. The van der Waals surface area contributed by atoms with E-state index in [1.807, 2.05) is 30.3 Å². The zero-order chi connectivity index (χ0) is 15.0. The fraction of sp³-hybridized carbons (Fsp3) is 0.333. The number of hydrogen-bond donors (Lipinski definition) is 0. The molecule has 0 atom stereocenters. The molecule has 106 valence electrons. The Labute approximate surface area is 135 Å². The van der Waals surface area contributed by atoms with Crippen LogP contribution in [0.2, 0.25) is 5.02 Å². The van der Waals surface area contributed by atoms with Gasteiger partial charge in [0.25, 0.3) is 0 Å². The highest BCUT2D eigenvalue weighted by atomic mass is 35.5. The van der Waals surface area contributed by atoms with Crippen molar-refractivity contribution in [3.63, 3.8) is 0 Å². The van der Waals surface area contributed by atoms with Gasteiger partial charge in [0.05, 0.1) is 6.07 Å². The lowest BCUT2D eigenvalue weighted by atomic mass is 10.1. The molecule has 0 bridgehead atoms. The van der Waals surface area contributed by atoms with E-state index in [-0.39, 0.29) is 0 Å². The van der Waals surface area contributed by atoms with Gasteiger partial charge >= 0.3 is 0 Å². The van der Waals surface area contributed by atoms with E-state index in [9.17, 15) is 5.26 Å². The lowest BCUT2D eigenvalue weighted by Crippen LogP contribution is -2.26. The van der Waals surface area contributed by atoms with E-state index >= 15 is 0 Å². The molecule has 0 radical (unpaired) electrons. The number of thiocarbonyl (C=S) groups is 1. The molecule has 0 N–H and O–H groups in total. The first kappa shape index (κ1) is 17.0. The summed E-state index contributed by atoms with van der Waals surface area (Å²) < 4.78 is 0.840. The molecule has 1 aromatic rings. The summed E-state index contributed by atoms with van der Waals surface area (Å²) in [5.41, 5.74) is 1.67. The van der Waals surface area contributed by atoms with Crippen LogP contribution in [0.4, 0.5) is 0 Å². The molecule has 5 heteroatoms. The van der Waals surface area contributed by atoms with Crippen molar-refractivity contribution in [2.24, 2.45) is 0 Å². The zero-order valence-corrected chi connectivity index (χ0v) is 14.0. The lowest BCUT2D eigenvalue weighted by Gasteiger charge is -2.20. The number of thioether (sulfide) groups is 1. The Hall–Kier alpha value is -1.02. The lowest BCUT2D eigenvalue weighted by molar-refractivity contribution is 0.482. The van der Waals surface area contributed by atoms with E-state index in [0.717, 1.165) is 23.0 Å². The number of hydrogen-bond acceptors (Lipinski definition) is 3. The van der Waals surface area contributed by atoms with Gasteiger partial charge in [0.15, 0.2) is 0 Å². The maximum Gasteiger partial charge on any atom is 0.136 e. The van der Waals surface area contributed by atoms with Crippen LogP contribution in [0.5, 0.6) is 0 Å². The minimum absolute atomic E-state index is 0.592. The molecule has 2 nitrogen and oxygen atoms in total.